The van der Waals surface area contributed by atoms with Gasteiger partial charge < -0.3 is 5.32 Å². The van der Waals surface area contributed by atoms with Crippen molar-refractivity contribution in [2.24, 2.45) is 0 Å². The van der Waals surface area contributed by atoms with Crippen molar-refractivity contribution in [2.45, 2.75) is 12.5 Å². The van der Waals surface area contributed by atoms with E-state index in [1.165, 1.54) is 12.1 Å². The Bertz CT molecular complexity index is 619. The van der Waals surface area contributed by atoms with Crippen molar-refractivity contribution >= 4 is 43.5 Å². The van der Waals surface area contributed by atoms with Gasteiger partial charge in [-0.1, -0.05) is 43.5 Å². The predicted molar refractivity (Wildman–Crippen MR) is 88.8 cm³/mol. The van der Waals surface area contributed by atoms with Crippen LogP contribution in [0.15, 0.2) is 45.3 Å². The Morgan fingerprint density at radius 1 is 1.20 bits per heavy atom. The van der Waals surface area contributed by atoms with Crippen molar-refractivity contribution in [1.82, 2.24) is 5.32 Å². The number of likely N-dealkylation sites (N-methyl/N-ethyl adjacent to an activating group) is 1. The molecule has 0 heterocycles. The molecular formula is C15H13Br2ClFN. The second kappa shape index (κ2) is 7.03. The molecule has 1 N–H and O–H groups in total. The van der Waals surface area contributed by atoms with Crippen LogP contribution in [-0.4, -0.2) is 7.05 Å². The van der Waals surface area contributed by atoms with Crippen molar-refractivity contribution in [2.75, 3.05) is 7.05 Å². The molecule has 0 spiro atoms. The molecule has 2 rings (SSSR count). The molecule has 2 aromatic rings. The van der Waals surface area contributed by atoms with Crippen molar-refractivity contribution in [3.8, 4) is 0 Å². The Labute approximate surface area is 139 Å². The van der Waals surface area contributed by atoms with Crippen molar-refractivity contribution in [1.29, 1.82) is 0 Å². The van der Waals surface area contributed by atoms with Gasteiger partial charge in [0.1, 0.15) is 5.82 Å². The lowest BCUT2D eigenvalue weighted by Crippen LogP contribution is -2.19. The van der Waals surface area contributed by atoms with Crippen LogP contribution in [0.25, 0.3) is 0 Å². The van der Waals surface area contributed by atoms with Crippen molar-refractivity contribution in [3.63, 3.8) is 0 Å². The fourth-order valence-electron chi connectivity index (χ4n) is 2.07. The normalized spacial score (nSPS) is 12.4. The smallest absolute Gasteiger partial charge is 0.123 e. The van der Waals surface area contributed by atoms with Crippen molar-refractivity contribution < 1.29 is 4.39 Å². The van der Waals surface area contributed by atoms with E-state index >= 15 is 0 Å². The first-order valence-electron chi connectivity index (χ1n) is 6.07. The average molecular weight is 422 g/mol. The second-order valence-electron chi connectivity index (χ2n) is 4.45. The third-order valence-electron chi connectivity index (χ3n) is 3.11. The summed E-state index contributed by atoms with van der Waals surface area (Å²) in [6.07, 6.45) is 0.613. The van der Waals surface area contributed by atoms with Crippen LogP contribution in [-0.2, 0) is 6.42 Å². The van der Waals surface area contributed by atoms with Gasteiger partial charge in [0.15, 0.2) is 0 Å². The minimum absolute atomic E-state index is 0.0428. The van der Waals surface area contributed by atoms with E-state index in [1.54, 1.807) is 6.07 Å². The molecule has 1 nitrogen and oxygen atoms in total. The molecule has 0 saturated carbocycles. The highest BCUT2D eigenvalue weighted by Crippen LogP contribution is 2.30. The lowest BCUT2D eigenvalue weighted by Gasteiger charge is -2.19. The average Bonchev–Trinajstić information content (AvgIpc) is 2.42. The molecule has 20 heavy (non-hydrogen) atoms. The zero-order valence-corrected chi connectivity index (χ0v) is 14.7. The van der Waals surface area contributed by atoms with Gasteiger partial charge in [-0.05, 0) is 61.0 Å². The lowest BCUT2D eigenvalue weighted by atomic mass is 9.99. The van der Waals surface area contributed by atoms with Crippen LogP contribution in [0.5, 0.6) is 0 Å². The summed E-state index contributed by atoms with van der Waals surface area (Å²) in [4.78, 5) is 0. The summed E-state index contributed by atoms with van der Waals surface area (Å²) in [7, 11) is 1.88. The number of hydrogen-bond donors (Lipinski definition) is 1. The third-order valence-corrected chi connectivity index (χ3v) is 4.70. The monoisotopic (exact) mass is 419 g/mol. The molecule has 0 aliphatic carbocycles. The summed E-state index contributed by atoms with van der Waals surface area (Å²) in [6, 6.07) is 10.5. The molecule has 0 amide bonds. The molecule has 106 valence electrons. The Balaban J connectivity index is 2.33. The minimum atomic E-state index is -0.271. The highest BCUT2D eigenvalue weighted by Gasteiger charge is 2.16. The van der Waals surface area contributed by atoms with E-state index in [4.69, 9.17) is 11.6 Å². The van der Waals surface area contributed by atoms with Gasteiger partial charge in [0.25, 0.3) is 0 Å². The summed E-state index contributed by atoms with van der Waals surface area (Å²) in [5.41, 5.74) is 1.89. The van der Waals surface area contributed by atoms with Gasteiger partial charge in [-0.2, -0.15) is 0 Å². The van der Waals surface area contributed by atoms with Gasteiger partial charge in [0.2, 0.25) is 0 Å². The number of hydrogen-bond acceptors (Lipinski definition) is 1. The lowest BCUT2D eigenvalue weighted by molar-refractivity contribution is 0.582. The minimum Gasteiger partial charge on any atom is -0.313 e. The molecule has 0 aliphatic rings. The van der Waals surface area contributed by atoms with Crippen LogP contribution in [0.4, 0.5) is 4.39 Å². The molecule has 0 fully saturated rings. The highest BCUT2D eigenvalue weighted by molar-refractivity contribution is 9.11. The second-order valence-corrected chi connectivity index (χ2v) is 6.62. The van der Waals surface area contributed by atoms with Gasteiger partial charge >= 0.3 is 0 Å². The summed E-state index contributed by atoms with van der Waals surface area (Å²) in [5.74, 6) is -0.271. The van der Waals surface area contributed by atoms with Crippen LogP contribution < -0.4 is 5.32 Å². The van der Waals surface area contributed by atoms with E-state index in [-0.39, 0.29) is 11.9 Å². The van der Waals surface area contributed by atoms with Gasteiger partial charge in [0.05, 0.1) is 0 Å². The number of benzene rings is 2. The molecule has 0 bridgehead atoms. The van der Waals surface area contributed by atoms with Gasteiger partial charge in [0, 0.05) is 20.0 Å². The largest absolute Gasteiger partial charge is 0.313 e. The molecule has 1 atom stereocenters. The molecule has 0 saturated heterocycles. The van der Waals surface area contributed by atoms with E-state index in [0.717, 1.165) is 20.1 Å². The van der Waals surface area contributed by atoms with Gasteiger partial charge in [-0.3, -0.25) is 0 Å². The standard InChI is InChI=1S/C15H13Br2ClFN/c1-20-15(12-8-10(16)2-4-13(12)17)7-9-6-11(19)3-5-14(9)18/h2-6,8,15,20H,7H2,1H3. The molecule has 0 radical (unpaired) electrons. The Hall–Kier alpha value is -0.420. The van der Waals surface area contributed by atoms with E-state index < -0.39 is 0 Å². The van der Waals surface area contributed by atoms with E-state index in [1.807, 2.05) is 25.2 Å². The molecule has 5 heteroatoms. The zero-order valence-electron chi connectivity index (χ0n) is 10.8. The summed E-state index contributed by atoms with van der Waals surface area (Å²) in [5, 5.41) is 3.83. The topological polar surface area (TPSA) is 12.0 Å². The quantitative estimate of drug-likeness (QED) is 0.687. The van der Waals surface area contributed by atoms with E-state index in [0.29, 0.717) is 11.4 Å². The molecule has 2 aromatic carbocycles. The number of nitrogens with one attached hydrogen (secondary N) is 1. The molecular weight excluding hydrogens is 408 g/mol. The van der Waals surface area contributed by atoms with E-state index in [2.05, 4.69) is 37.2 Å². The Morgan fingerprint density at radius 2 is 1.95 bits per heavy atom. The highest BCUT2D eigenvalue weighted by atomic mass is 79.9. The molecule has 0 aliphatic heterocycles. The van der Waals surface area contributed by atoms with Crippen LogP contribution in [0.3, 0.4) is 0 Å². The first-order chi connectivity index (χ1) is 9.51. The van der Waals surface area contributed by atoms with Crippen LogP contribution in [0.2, 0.25) is 5.02 Å². The Kier molecular flexibility index (Phi) is 5.61. The molecule has 0 aromatic heterocycles. The molecule has 1 unspecified atom stereocenters. The maximum absolute atomic E-state index is 13.4. The zero-order chi connectivity index (χ0) is 14.7. The maximum Gasteiger partial charge on any atom is 0.123 e. The van der Waals surface area contributed by atoms with Gasteiger partial charge in [-0.15, -0.1) is 0 Å². The van der Waals surface area contributed by atoms with Crippen molar-refractivity contribution in [3.05, 3.63) is 67.3 Å². The number of rotatable bonds is 4. The van der Waals surface area contributed by atoms with Crippen LogP contribution in [0, 0.1) is 5.82 Å². The number of halogens is 4. The Morgan fingerprint density at radius 3 is 2.65 bits per heavy atom. The summed E-state index contributed by atoms with van der Waals surface area (Å²) in [6.45, 7) is 0. The van der Waals surface area contributed by atoms with Crippen LogP contribution >= 0.6 is 43.5 Å². The fraction of sp³-hybridized carbons (Fsp3) is 0.200. The summed E-state index contributed by atoms with van der Waals surface area (Å²) < 4.78 is 15.4. The summed E-state index contributed by atoms with van der Waals surface area (Å²) >= 11 is 13.2. The first-order valence-corrected chi connectivity index (χ1v) is 8.04. The fourth-order valence-corrected chi connectivity index (χ4v) is 3.17. The SMILES string of the molecule is CNC(Cc1cc(F)ccc1Cl)c1cc(Br)ccc1Br. The van der Waals surface area contributed by atoms with Gasteiger partial charge in [-0.25, -0.2) is 4.39 Å². The van der Waals surface area contributed by atoms with Crippen LogP contribution in [0.1, 0.15) is 17.2 Å². The maximum atomic E-state index is 13.4. The first kappa shape index (κ1) is 16.0. The predicted octanol–water partition coefficient (Wildman–Crippen LogP) is 5.51. The third kappa shape index (κ3) is 3.82. The van der Waals surface area contributed by atoms with E-state index in [9.17, 15) is 4.39 Å².